The number of amides is 2. The number of halogens is 3. The van der Waals surface area contributed by atoms with Crippen LogP contribution in [0.2, 0.25) is 0 Å². The van der Waals surface area contributed by atoms with Gasteiger partial charge in [0.25, 0.3) is 11.1 Å². The monoisotopic (exact) mass is 527 g/mol. The van der Waals surface area contributed by atoms with E-state index in [4.69, 9.17) is 0 Å². The van der Waals surface area contributed by atoms with Crippen molar-refractivity contribution in [1.29, 1.82) is 0 Å². The number of rotatable bonds is 6. The van der Waals surface area contributed by atoms with Crippen molar-refractivity contribution < 1.29 is 22.8 Å². The second-order valence-corrected chi connectivity index (χ2v) is 10.2. The second kappa shape index (κ2) is 10.5. The molecule has 1 aromatic carbocycles. The number of alkyl halides is 3. The molecular weight excluding hydrogens is 503 g/mol. The molecule has 2 aromatic heterocycles. The molecule has 0 unspecified atom stereocenters. The third-order valence-electron chi connectivity index (χ3n) is 6.63. The number of pyridine rings is 1. The number of carbonyl (C=O) groups excluding carboxylic acids is 2. The summed E-state index contributed by atoms with van der Waals surface area (Å²) >= 11 is 0.847. The number of benzene rings is 1. The zero-order valence-electron chi connectivity index (χ0n) is 19.8. The van der Waals surface area contributed by atoms with Gasteiger partial charge < -0.3 is 4.90 Å². The van der Waals surface area contributed by atoms with Crippen LogP contribution in [-0.4, -0.2) is 39.2 Å². The van der Waals surface area contributed by atoms with E-state index in [1.807, 2.05) is 12.1 Å². The summed E-state index contributed by atoms with van der Waals surface area (Å²) in [6.45, 7) is 1.55. The highest BCUT2D eigenvalue weighted by molar-refractivity contribution is 8.18. The van der Waals surface area contributed by atoms with E-state index in [-0.39, 0.29) is 0 Å². The van der Waals surface area contributed by atoms with E-state index in [2.05, 4.69) is 25.2 Å². The third kappa shape index (κ3) is 5.93. The third-order valence-corrected chi connectivity index (χ3v) is 7.44. The molecule has 192 valence electrons. The average Bonchev–Trinajstić information content (AvgIpc) is 3.20. The number of imide groups is 1. The predicted molar refractivity (Wildman–Crippen MR) is 136 cm³/mol. The van der Waals surface area contributed by atoms with E-state index >= 15 is 0 Å². The van der Waals surface area contributed by atoms with Gasteiger partial charge in [-0.25, -0.2) is 15.0 Å². The molecule has 2 aliphatic rings. The van der Waals surface area contributed by atoms with Crippen molar-refractivity contribution in [1.82, 2.24) is 20.3 Å². The van der Waals surface area contributed by atoms with Gasteiger partial charge in [0.15, 0.2) is 0 Å². The summed E-state index contributed by atoms with van der Waals surface area (Å²) in [7, 11) is 0. The number of nitrogens with one attached hydrogen (secondary N) is 1. The van der Waals surface area contributed by atoms with Gasteiger partial charge in [-0.2, -0.15) is 13.2 Å². The number of piperidine rings is 1. The summed E-state index contributed by atoms with van der Waals surface area (Å²) in [6.07, 6.45) is 2.91. The Hall–Kier alpha value is -3.47. The van der Waals surface area contributed by atoms with E-state index in [1.165, 1.54) is 6.07 Å². The number of hydrogen-bond acceptors (Lipinski definition) is 7. The van der Waals surface area contributed by atoms with Gasteiger partial charge in [-0.15, -0.1) is 0 Å². The first kappa shape index (κ1) is 25.2. The fourth-order valence-corrected chi connectivity index (χ4v) is 5.42. The number of aryl methyl sites for hydroxylation is 1. The van der Waals surface area contributed by atoms with Crippen molar-refractivity contribution in [3.05, 3.63) is 64.5 Å². The summed E-state index contributed by atoms with van der Waals surface area (Å²) < 4.78 is 40.0. The molecule has 7 nitrogen and oxygen atoms in total. The van der Waals surface area contributed by atoms with Crippen molar-refractivity contribution in [3.8, 4) is 0 Å². The van der Waals surface area contributed by atoms with Crippen LogP contribution in [0.3, 0.4) is 0 Å². The van der Waals surface area contributed by atoms with Gasteiger partial charge >= 0.3 is 6.18 Å². The lowest BCUT2D eigenvalue weighted by Crippen LogP contribution is -2.35. The molecule has 4 heterocycles. The minimum absolute atomic E-state index is 0.303. The van der Waals surface area contributed by atoms with Gasteiger partial charge in [-0.3, -0.25) is 14.9 Å². The summed E-state index contributed by atoms with van der Waals surface area (Å²) in [5, 5.41) is 2.60. The van der Waals surface area contributed by atoms with E-state index in [1.54, 1.807) is 30.5 Å². The predicted octanol–water partition coefficient (Wildman–Crippen LogP) is 5.61. The Morgan fingerprint density at radius 2 is 1.89 bits per heavy atom. The smallest absolute Gasteiger partial charge is 0.341 e. The zero-order chi connectivity index (χ0) is 26.0. The number of aromatic nitrogens is 3. The molecule has 5 rings (SSSR count). The molecule has 11 heteroatoms. The highest BCUT2D eigenvalue weighted by atomic mass is 32.2. The van der Waals surface area contributed by atoms with E-state index in [0.717, 1.165) is 55.9 Å². The molecule has 0 aliphatic carbocycles. The van der Waals surface area contributed by atoms with Gasteiger partial charge in [0.2, 0.25) is 5.95 Å². The summed E-state index contributed by atoms with van der Waals surface area (Å²) in [5.41, 5.74) is 0.774. The average molecular weight is 528 g/mol. The first-order chi connectivity index (χ1) is 17.8. The Kier molecular flexibility index (Phi) is 7.14. The first-order valence-electron chi connectivity index (χ1n) is 12.0. The maximum Gasteiger partial charge on any atom is 0.433 e. The van der Waals surface area contributed by atoms with Crippen LogP contribution in [0, 0.1) is 5.92 Å². The molecular formula is C26H24F3N5O2S. The standard InChI is InChI=1S/C26H24F3N5O2S/c27-26(28,29)22-14-17(19-6-1-2-7-20(19)32-22)5-3-4-16-9-12-34(13-10-16)24-30-11-8-18(31-24)15-21-23(35)33-25(36)37-21/h1-2,6-8,11,14-16H,3-5,9-10,12-13H2,(H,33,35,36)/b21-15-. The molecule has 1 N–H and O–H groups in total. The van der Waals surface area contributed by atoms with Crippen LogP contribution >= 0.6 is 11.8 Å². The van der Waals surface area contributed by atoms with E-state index in [0.29, 0.717) is 40.0 Å². The Bertz CT molecular complexity index is 1370. The van der Waals surface area contributed by atoms with E-state index < -0.39 is 23.0 Å². The second-order valence-electron chi connectivity index (χ2n) is 9.14. The molecule has 0 radical (unpaired) electrons. The van der Waals surface area contributed by atoms with E-state index in [9.17, 15) is 22.8 Å². The molecule has 0 spiro atoms. The van der Waals surface area contributed by atoms with Crippen molar-refractivity contribution in [2.24, 2.45) is 5.92 Å². The molecule has 3 aromatic rings. The maximum absolute atomic E-state index is 13.3. The first-order valence-corrected chi connectivity index (χ1v) is 12.9. The maximum atomic E-state index is 13.3. The minimum Gasteiger partial charge on any atom is -0.341 e. The number of para-hydroxylation sites is 1. The largest absolute Gasteiger partial charge is 0.433 e. The Balaban J connectivity index is 1.17. The fourth-order valence-electron chi connectivity index (χ4n) is 4.75. The van der Waals surface area contributed by atoms with Crippen LogP contribution in [0.1, 0.15) is 42.6 Å². The minimum atomic E-state index is -4.47. The van der Waals surface area contributed by atoms with Crippen LogP contribution in [0.5, 0.6) is 0 Å². The number of thioether (sulfide) groups is 1. The Morgan fingerprint density at radius 3 is 2.62 bits per heavy atom. The summed E-state index contributed by atoms with van der Waals surface area (Å²) in [6, 6.07) is 9.86. The molecule has 2 fully saturated rings. The van der Waals surface area contributed by atoms with Crippen molar-refractivity contribution >= 4 is 45.8 Å². The summed E-state index contributed by atoms with van der Waals surface area (Å²) in [4.78, 5) is 38.3. The quantitative estimate of drug-likeness (QED) is 0.417. The number of nitrogens with zero attached hydrogens (tertiary/aromatic N) is 4. The molecule has 2 aliphatic heterocycles. The highest BCUT2D eigenvalue weighted by Crippen LogP contribution is 2.32. The van der Waals surface area contributed by atoms with Gasteiger partial charge in [0.05, 0.1) is 16.1 Å². The number of fused-ring (bicyclic) bond motifs is 1. The van der Waals surface area contributed by atoms with Crippen molar-refractivity contribution in [2.75, 3.05) is 18.0 Å². The lowest BCUT2D eigenvalue weighted by Gasteiger charge is -2.32. The number of carbonyl (C=O) groups is 2. The van der Waals surface area contributed by atoms with Crippen LogP contribution in [-0.2, 0) is 17.4 Å². The Labute approximate surface area is 215 Å². The molecule has 0 saturated carbocycles. The van der Waals surface area contributed by atoms with Crippen LogP contribution < -0.4 is 10.2 Å². The van der Waals surface area contributed by atoms with Crippen LogP contribution in [0.15, 0.2) is 47.5 Å². The zero-order valence-corrected chi connectivity index (χ0v) is 20.6. The summed E-state index contributed by atoms with van der Waals surface area (Å²) in [5.74, 6) is 0.622. The number of hydrogen-bond donors (Lipinski definition) is 1. The normalized spacial score (nSPS) is 18.1. The molecule has 0 bridgehead atoms. The van der Waals surface area contributed by atoms with Crippen LogP contribution in [0.4, 0.5) is 23.9 Å². The van der Waals surface area contributed by atoms with Crippen molar-refractivity contribution in [3.63, 3.8) is 0 Å². The lowest BCUT2D eigenvalue weighted by molar-refractivity contribution is -0.141. The number of anilines is 1. The molecule has 0 atom stereocenters. The molecule has 2 amide bonds. The van der Waals surface area contributed by atoms with Gasteiger partial charge in [-0.05, 0) is 79.6 Å². The fraction of sp³-hybridized carbons (Fsp3) is 0.346. The lowest BCUT2D eigenvalue weighted by atomic mass is 9.90. The molecule has 2 saturated heterocycles. The van der Waals surface area contributed by atoms with Crippen molar-refractivity contribution in [2.45, 2.75) is 38.3 Å². The van der Waals surface area contributed by atoms with Gasteiger partial charge in [0.1, 0.15) is 5.69 Å². The molecule has 37 heavy (non-hydrogen) atoms. The van der Waals surface area contributed by atoms with Gasteiger partial charge in [0, 0.05) is 24.7 Å². The SMILES string of the molecule is O=C1NC(=O)/C(=C/c2ccnc(N3CCC(CCCc4cc(C(F)(F)F)nc5ccccc45)CC3)n2)S1. The van der Waals surface area contributed by atoms with Gasteiger partial charge in [-0.1, -0.05) is 18.2 Å². The highest BCUT2D eigenvalue weighted by Gasteiger charge is 2.33. The van der Waals surface area contributed by atoms with Crippen LogP contribution in [0.25, 0.3) is 17.0 Å². The topological polar surface area (TPSA) is 88.1 Å². The Morgan fingerprint density at radius 1 is 1.11 bits per heavy atom.